The van der Waals surface area contributed by atoms with Crippen molar-refractivity contribution in [1.29, 1.82) is 0 Å². The number of nitrogens with one attached hydrogen (secondary N) is 1. The molecule has 23 heavy (non-hydrogen) atoms. The highest BCUT2D eigenvalue weighted by atomic mass is 16.4. The van der Waals surface area contributed by atoms with Crippen LogP contribution < -0.4 is 11.0 Å². The van der Waals surface area contributed by atoms with E-state index in [-0.39, 0.29) is 5.69 Å². The molecule has 2 N–H and O–H groups in total. The van der Waals surface area contributed by atoms with Crippen molar-refractivity contribution in [1.82, 2.24) is 19.4 Å². The van der Waals surface area contributed by atoms with E-state index in [1.807, 2.05) is 6.07 Å². The molecule has 7 heteroatoms. The van der Waals surface area contributed by atoms with Gasteiger partial charge >= 0.3 is 11.8 Å². The summed E-state index contributed by atoms with van der Waals surface area (Å²) in [4.78, 5) is 27.0. The molecule has 2 aromatic heterocycles. The molecule has 0 bridgehead atoms. The molecule has 0 saturated heterocycles. The Hall–Kier alpha value is -2.57. The molecule has 0 fully saturated rings. The predicted molar refractivity (Wildman–Crippen MR) is 89.5 cm³/mol. The lowest BCUT2D eigenvalue weighted by Crippen LogP contribution is -2.23. The van der Waals surface area contributed by atoms with E-state index in [2.05, 4.69) is 16.9 Å². The number of aromatic nitrogens is 3. The Morgan fingerprint density at radius 3 is 2.74 bits per heavy atom. The van der Waals surface area contributed by atoms with Crippen molar-refractivity contribution in [3.05, 3.63) is 35.5 Å². The van der Waals surface area contributed by atoms with Crippen molar-refractivity contribution in [2.45, 2.75) is 39.2 Å². The predicted octanol–water partition coefficient (Wildman–Crippen LogP) is 2.52. The average Bonchev–Trinajstić information content (AvgIpc) is 2.78. The summed E-state index contributed by atoms with van der Waals surface area (Å²) in [5.74, 6) is 0. The van der Waals surface area contributed by atoms with Crippen LogP contribution in [0.25, 0.3) is 16.7 Å². The summed E-state index contributed by atoms with van der Waals surface area (Å²) in [5.41, 5.74) is 2.23. The zero-order chi connectivity index (χ0) is 16.8. The second kappa shape index (κ2) is 7.62. The molecule has 2 heterocycles. The number of rotatable bonds is 8. The number of hydrogen-bond donors (Lipinski definition) is 2. The van der Waals surface area contributed by atoms with E-state index in [1.54, 1.807) is 28.5 Å². The first-order valence-corrected chi connectivity index (χ1v) is 7.70. The van der Waals surface area contributed by atoms with Gasteiger partial charge in [0, 0.05) is 25.0 Å². The Morgan fingerprint density at radius 2 is 2.04 bits per heavy atom. The molecule has 0 aromatic carbocycles. The van der Waals surface area contributed by atoms with Crippen molar-refractivity contribution < 1.29 is 9.90 Å². The van der Waals surface area contributed by atoms with Gasteiger partial charge in [-0.3, -0.25) is 14.1 Å². The monoisotopic (exact) mass is 318 g/mol. The second-order valence-corrected chi connectivity index (χ2v) is 5.52. The van der Waals surface area contributed by atoms with Crippen LogP contribution >= 0.6 is 0 Å². The van der Waals surface area contributed by atoms with Gasteiger partial charge in [-0.05, 0) is 25.8 Å². The van der Waals surface area contributed by atoms with Crippen molar-refractivity contribution >= 4 is 22.8 Å². The minimum absolute atomic E-state index is 0.0898. The minimum atomic E-state index is -0.989. The molecule has 0 spiro atoms. The van der Waals surface area contributed by atoms with E-state index in [4.69, 9.17) is 5.11 Å². The molecule has 0 aliphatic carbocycles. The summed E-state index contributed by atoms with van der Waals surface area (Å²) >= 11 is 0. The molecule has 1 amide bonds. The van der Waals surface area contributed by atoms with E-state index in [9.17, 15) is 9.59 Å². The van der Waals surface area contributed by atoms with Gasteiger partial charge in [0.1, 0.15) is 0 Å². The molecule has 2 aromatic rings. The number of carboxylic acid groups (broad SMARTS) is 1. The highest BCUT2D eigenvalue weighted by Crippen LogP contribution is 2.15. The molecule has 7 nitrogen and oxygen atoms in total. The normalized spacial score (nSPS) is 10.8. The number of pyridine rings is 1. The Bertz CT molecular complexity index is 760. The van der Waals surface area contributed by atoms with Crippen molar-refractivity contribution in [2.75, 3.05) is 6.54 Å². The fourth-order valence-electron chi connectivity index (χ4n) is 2.63. The fourth-order valence-corrected chi connectivity index (χ4v) is 2.63. The summed E-state index contributed by atoms with van der Waals surface area (Å²) in [6.07, 6.45) is 5.90. The molecular weight excluding hydrogens is 296 g/mol. The fraction of sp³-hybridized carbons (Fsp3) is 0.438. The third-order valence-corrected chi connectivity index (χ3v) is 3.70. The van der Waals surface area contributed by atoms with E-state index in [1.165, 1.54) is 0 Å². The molecule has 0 aliphatic rings. The Morgan fingerprint density at radius 1 is 1.30 bits per heavy atom. The van der Waals surface area contributed by atoms with Crippen LogP contribution in [0.15, 0.2) is 29.8 Å². The molecule has 0 atom stereocenters. The lowest BCUT2D eigenvalue weighted by Gasteiger charge is -2.04. The van der Waals surface area contributed by atoms with Crippen LogP contribution in [0.4, 0.5) is 4.79 Å². The number of imidazole rings is 1. The maximum absolute atomic E-state index is 12.5. The number of allylic oxidation sites excluding steroid dienone is 1. The lowest BCUT2D eigenvalue weighted by atomic mass is 10.2. The summed E-state index contributed by atoms with van der Waals surface area (Å²) in [6.45, 7) is 6.76. The summed E-state index contributed by atoms with van der Waals surface area (Å²) < 4.78 is 3.33. The first kappa shape index (κ1) is 16.8. The first-order chi connectivity index (χ1) is 11.0. The maximum atomic E-state index is 12.5. The van der Waals surface area contributed by atoms with Gasteiger partial charge in [-0.1, -0.05) is 19.4 Å². The van der Waals surface area contributed by atoms with Crippen LogP contribution in [0, 0.1) is 0 Å². The van der Waals surface area contributed by atoms with Crippen molar-refractivity contribution in [2.24, 2.45) is 0 Å². The quantitative estimate of drug-likeness (QED) is 0.732. The highest BCUT2D eigenvalue weighted by Gasteiger charge is 2.13. The van der Waals surface area contributed by atoms with Crippen LogP contribution in [0.2, 0.25) is 0 Å². The molecular formula is C16H22N4O3. The standard InChI is InChI=1S/C16H22N4O3/c1-12(2)20-13-7-9-17-11-14(13)19(16(20)23)10-6-4-3-5-8-18-15(21)22/h7,9,11,18H,1,3-6,8,10H2,2H3,(H,21,22). The second-order valence-electron chi connectivity index (χ2n) is 5.52. The van der Waals surface area contributed by atoms with Crippen LogP contribution in [-0.2, 0) is 6.54 Å². The third kappa shape index (κ3) is 4.00. The van der Waals surface area contributed by atoms with E-state index < -0.39 is 6.09 Å². The number of amides is 1. The van der Waals surface area contributed by atoms with Crippen LogP contribution in [0.5, 0.6) is 0 Å². The lowest BCUT2D eigenvalue weighted by molar-refractivity contribution is 0.194. The van der Waals surface area contributed by atoms with Crippen LogP contribution in [-0.4, -0.2) is 31.9 Å². The number of aryl methyl sites for hydroxylation is 1. The number of hydrogen-bond acceptors (Lipinski definition) is 3. The van der Waals surface area contributed by atoms with Crippen LogP contribution in [0.1, 0.15) is 32.6 Å². The third-order valence-electron chi connectivity index (χ3n) is 3.70. The first-order valence-electron chi connectivity index (χ1n) is 7.70. The van der Waals surface area contributed by atoms with Gasteiger partial charge in [-0.25, -0.2) is 9.59 Å². The van der Waals surface area contributed by atoms with Gasteiger partial charge in [0.25, 0.3) is 0 Å². The topological polar surface area (TPSA) is 89.2 Å². The van der Waals surface area contributed by atoms with Gasteiger partial charge in [0.05, 0.1) is 17.2 Å². The van der Waals surface area contributed by atoms with Crippen molar-refractivity contribution in [3.8, 4) is 0 Å². The minimum Gasteiger partial charge on any atom is -0.465 e. The van der Waals surface area contributed by atoms with Gasteiger partial charge in [-0.15, -0.1) is 0 Å². The molecule has 124 valence electrons. The Kier molecular flexibility index (Phi) is 5.56. The van der Waals surface area contributed by atoms with E-state index in [0.717, 1.165) is 36.7 Å². The largest absolute Gasteiger partial charge is 0.465 e. The summed E-state index contributed by atoms with van der Waals surface area (Å²) in [5, 5.41) is 10.8. The van der Waals surface area contributed by atoms with E-state index >= 15 is 0 Å². The smallest absolute Gasteiger partial charge is 0.404 e. The van der Waals surface area contributed by atoms with Gasteiger partial charge in [0.2, 0.25) is 0 Å². The molecule has 0 saturated carbocycles. The summed E-state index contributed by atoms with van der Waals surface area (Å²) in [6, 6.07) is 1.82. The molecule has 2 rings (SSSR count). The SMILES string of the molecule is C=C(C)n1c(=O)n(CCCCCCNC(=O)O)c2cnccc21. The zero-order valence-electron chi connectivity index (χ0n) is 13.3. The van der Waals surface area contributed by atoms with Gasteiger partial charge in [-0.2, -0.15) is 0 Å². The number of unbranched alkanes of at least 4 members (excludes halogenated alkanes) is 3. The number of nitrogens with zero attached hydrogens (tertiary/aromatic N) is 3. The van der Waals surface area contributed by atoms with Crippen LogP contribution in [0.3, 0.4) is 0 Å². The number of fused-ring (bicyclic) bond motifs is 1. The maximum Gasteiger partial charge on any atom is 0.404 e. The zero-order valence-corrected chi connectivity index (χ0v) is 13.3. The van der Waals surface area contributed by atoms with Crippen molar-refractivity contribution in [3.63, 3.8) is 0 Å². The molecule has 0 unspecified atom stereocenters. The highest BCUT2D eigenvalue weighted by molar-refractivity contribution is 5.78. The van der Waals surface area contributed by atoms with E-state index in [0.29, 0.717) is 18.8 Å². The molecule has 0 radical (unpaired) electrons. The molecule has 0 aliphatic heterocycles. The van der Waals surface area contributed by atoms with Gasteiger partial charge < -0.3 is 10.4 Å². The number of carbonyl (C=O) groups is 1. The Labute approximate surface area is 134 Å². The summed E-state index contributed by atoms with van der Waals surface area (Å²) in [7, 11) is 0. The average molecular weight is 318 g/mol. The Balaban J connectivity index is 1.98. The van der Waals surface area contributed by atoms with Gasteiger partial charge in [0.15, 0.2) is 0 Å².